The second-order valence-corrected chi connectivity index (χ2v) is 5.62. The van der Waals surface area contributed by atoms with Crippen molar-refractivity contribution in [3.8, 4) is 0 Å². The van der Waals surface area contributed by atoms with E-state index in [0.717, 1.165) is 10.0 Å². The molecule has 1 aromatic carbocycles. The van der Waals surface area contributed by atoms with E-state index >= 15 is 0 Å². The summed E-state index contributed by atoms with van der Waals surface area (Å²) in [5.41, 5.74) is 0.746. The van der Waals surface area contributed by atoms with E-state index in [9.17, 15) is 9.18 Å². The third-order valence-electron chi connectivity index (χ3n) is 2.52. The first-order valence-electron chi connectivity index (χ1n) is 5.37. The highest BCUT2D eigenvalue weighted by Crippen LogP contribution is 2.23. The van der Waals surface area contributed by atoms with Crippen LogP contribution in [0.4, 0.5) is 4.39 Å². The summed E-state index contributed by atoms with van der Waals surface area (Å²) in [6.07, 6.45) is 0. The molecule has 2 nitrogen and oxygen atoms in total. The van der Waals surface area contributed by atoms with Gasteiger partial charge in [-0.15, -0.1) is 11.3 Å². The summed E-state index contributed by atoms with van der Waals surface area (Å²) in [4.78, 5) is 12.6. The number of carbonyl (C=O) groups excluding carboxylic acids is 1. The molecule has 0 bridgehead atoms. The molecule has 0 radical (unpaired) electrons. The van der Waals surface area contributed by atoms with Crippen LogP contribution in [0.5, 0.6) is 0 Å². The van der Waals surface area contributed by atoms with Crippen molar-refractivity contribution in [2.45, 2.75) is 13.0 Å². The number of carbonyl (C=O) groups is 1. The summed E-state index contributed by atoms with van der Waals surface area (Å²) >= 11 is 4.68. The zero-order valence-corrected chi connectivity index (χ0v) is 12.0. The van der Waals surface area contributed by atoms with Crippen molar-refractivity contribution < 1.29 is 9.18 Å². The first-order valence-corrected chi connectivity index (χ1v) is 7.04. The Morgan fingerprint density at radius 3 is 2.83 bits per heavy atom. The maximum atomic E-state index is 13.1. The fourth-order valence-electron chi connectivity index (χ4n) is 1.58. The average molecular weight is 328 g/mol. The summed E-state index contributed by atoms with van der Waals surface area (Å²) in [6, 6.07) is 7.82. The number of hydrogen-bond acceptors (Lipinski definition) is 2. The van der Waals surface area contributed by atoms with Crippen molar-refractivity contribution >= 4 is 33.2 Å². The van der Waals surface area contributed by atoms with E-state index in [1.807, 2.05) is 18.4 Å². The summed E-state index contributed by atoms with van der Waals surface area (Å²) in [6.45, 7) is 1.83. The van der Waals surface area contributed by atoms with Gasteiger partial charge >= 0.3 is 0 Å². The van der Waals surface area contributed by atoms with Crippen molar-refractivity contribution in [3.05, 3.63) is 56.4 Å². The molecule has 2 aromatic rings. The minimum atomic E-state index is -0.300. The third-order valence-corrected chi connectivity index (χ3v) is 4.36. The fourth-order valence-corrected chi connectivity index (χ4v) is 3.03. The molecule has 2 rings (SSSR count). The van der Waals surface area contributed by atoms with Crippen LogP contribution >= 0.6 is 27.3 Å². The molecule has 0 fully saturated rings. The van der Waals surface area contributed by atoms with Gasteiger partial charge in [-0.1, -0.05) is 12.1 Å². The zero-order chi connectivity index (χ0) is 13.1. The van der Waals surface area contributed by atoms with Crippen LogP contribution in [-0.4, -0.2) is 5.91 Å². The predicted octanol–water partition coefficient (Wildman–Crippen LogP) is 4.14. The van der Waals surface area contributed by atoms with Gasteiger partial charge in [-0.05, 0) is 52.0 Å². The number of amides is 1. The molecule has 0 aliphatic heterocycles. The van der Waals surface area contributed by atoms with Crippen LogP contribution in [-0.2, 0) is 0 Å². The Labute approximate surface area is 117 Å². The van der Waals surface area contributed by atoms with Crippen LogP contribution in [0, 0.1) is 5.82 Å². The number of benzene rings is 1. The van der Waals surface area contributed by atoms with Gasteiger partial charge in [0, 0.05) is 4.47 Å². The molecule has 1 N–H and O–H groups in total. The maximum absolute atomic E-state index is 13.1. The summed E-state index contributed by atoms with van der Waals surface area (Å²) in [5, 5.41) is 4.68. The third kappa shape index (κ3) is 2.97. The van der Waals surface area contributed by atoms with Crippen LogP contribution in [0.15, 0.2) is 40.2 Å². The molecule has 0 spiro atoms. The lowest BCUT2D eigenvalue weighted by Gasteiger charge is -2.13. The molecular formula is C13H11BrFNOS. The largest absolute Gasteiger partial charge is 0.345 e. The minimum absolute atomic E-state index is 0.159. The van der Waals surface area contributed by atoms with E-state index in [1.54, 1.807) is 12.1 Å². The van der Waals surface area contributed by atoms with Gasteiger partial charge < -0.3 is 5.32 Å². The Bertz CT molecular complexity index is 570. The predicted molar refractivity (Wildman–Crippen MR) is 74.3 cm³/mol. The van der Waals surface area contributed by atoms with Crippen molar-refractivity contribution in [1.29, 1.82) is 0 Å². The normalized spacial score (nSPS) is 12.2. The minimum Gasteiger partial charge on any atom is -0.345 e. The molecule has 1 unspecified atom stereocenters. The molecule has 1 aromatic heterocycles. The maximum Gasteiger partial charge on any atom is 0.262 e. The van der Waals surface area contributed by atoms with E-state index in [2.05, 4.69) is 21.2 Å². The van der Waals surface area contributed by atoms with Gasteiger partial charge in [-0.25, -0.2) is 4.39 Å². The lowest BCUT2D eigenvalue weighted by Crippen LogP contribution is -2.26. The van der Waals surface area contributed by atoms with E-state index in [0.29, 0.717) is 4.88 Å². The second-order valence-electron chi connectivity index (χ2n) is 3.85. The van der Waals surface area contributed by atoms with E-state index in [-0.39, 0.29) is 17.8 Å². The zero-order valence-electron chi connectivity index (χ0n) is 9.61. The van der Waals surface area contributed by atoms with E-state index < -0.39 is 0 Å². The molecular weight excluding hydrogens is 317 g/mol. The molecule has 18 heavy (non-hydrogen) atoms. The Hall–Kier alpha value is -1.20. The van der Waals surface area contributed by atoms with Gasteiger partial charge in [0.15, 0.2) is 0 Å². The Morgan fingerprint density at radius 2 is 2.22 bits per heavy atom. The fraction of sp³-hybridized carbons (Fsp3) is 0.154. The van der Waals surface area contributed by atoms with Crippen LogP contribution in [0.3, 0.4) is 0 Å². The van der Waals surface area contributed by atoms with Crippen molar-refractivity contribution in [1.82, 2.24) is 5.32 Å². The quantitative estimate of drug-likeness (QED) is 0.901. The lowest BCUT2D eigenvalue weighted by molar-refractivity contribution is 0.0943. The summed E-state index contributed by atoms with van der Waals surface area (Å²) < 4.78 is 13.9. The number of rotatable bonds is 3. The van der Waals surface area contributed by atoms with Gasteiger partial charge in [0.2, 0.25) is 0 Å². The van der Waals surface area contributed by atoms with Crippen LogP contribution < -0.4 is 5.32 Å². The molecule has 0 aliphatic carbocycles. The SMILES string of the molecule is CC(NC(=O)c1sccc1Br)c1cccc(F)c1. The highest BCUT2D eigenvalue weighted by atomic mass is 79.9. The molecule has 5 heteroatoms. The summed E-state index contributed by atoms with van der Waals surface area (Å²) in [5.74, 6) is -0.459. The van der Waals surface area contributed by atoms with E-state index in [1.165, 1.54) is 23.5 Å². The number of hydrogen-bond donors (Lipinski definition) is 1. The van der Waals surface area contributed by atoms with Gasteiger partial charge in [0.1, 0.15) is 10.7 Å². The number of thiophene rings is 1. The Kier molecular flexibility index (Phi) is 4.14. The standard InChI is InChI=1S/C13H11BrFNOS/c1-8(9-3-2-4-10(15)7-9)16-13(17)12-11(14)5-6-18-12/h2-8H,1H3,(H,16,17). The van der Waals surface area contributed by atoms with E-state index in [4.69, 9.17) is 0 Å². The monoisotopic (exact) mass is 327 g/mol. The number of nitrogens with one attached hydrogen (secondary N) is 1. The van der Waals surface area contributed by atoms with Gasteiger partial charge in [-0.2, -0.15) is 0 Å². The molecule has 94 valence electrons. The first kappa shape index (κ1) is 13.2. The highest BCUT2D eigenvalue weighted by Gasteiger charge is 2.15. The average Bonchev–Trinajstić information content (AvgIpc) is 2.75. The van der Waals surface area contributed by atoms with Crippen molar-refractivity contribution in [2.75, 3.05) is 0 Å². The van der Waals surface area contributed by atoms with Crippen LogP contribution in [0.25, 0.3) is 0 Å². The van der Waals surface area contributed by atoms with Crippen molar-refractivity contribution in [2.24, 2.45) is 0 Å². The molecule has 0 saturated carbocycles. The van der Waals surface area contributed by atoms with Gasteiger partial charge in [0.25, 0.3) is 5.91 Å². The summed E-state index contributed by atoms with van der Waals surface area (Å²) in [7, 11) is 0. The Morgan fingerprint density at radius 1 is 1.44 bits per heavy atom. The highest BCUT2D eigenvalue weighted by molar-refractivity contribution is 9.10. The molecule has 1 heterocycles. The van der Waals surface area contributed by atoms with Crippen LogP contribution in [0.2, 0.25) is 0 Å². The lowest BCUT2D eigenvalue weighted by atomic mass is 10.1. The number of halogens is 2. The Balaban J connectivity index is 2.10. The second kappa shape index (κ2) is 5.63. The van der Waals surface area contributed by atoms with Gasteiger partial charge in [0.05, 0.1) is 6.04 Å². The smallest absolute Gasteiger partial charge is 0.262 e. The van der Waals surface area contributed by atoms with Crippen LogP contribution in [0.1, 0.15) is 28.2 Å². The molecule has 0 aliphatic rings. The topological polar surface area (TPSA) is 29.1 Å². The van der Waals surface area contributed by atoms with Gasteiger partial charge in [-0.3, -0.25) is 4.79 Å². The molecule has 1 amide bonds. The molecule has 0 saturated heterocycles. The molecule has 1 atom stereocenters. The first-order chi connectivity index (χ1) is 8.58. The van der Waals surface area contributed by atoms with Crippen molar-refractivity contribution in [3.63, 3.8) is 0 Å².